The predicted octanol–water partition coefficient (Wildman–Crippen LogP) is 1.59. The summed E-state index contributed by atoms with van der Waals surface area (Å²) in [7, 11) is 0. The molecule has 2 heterocycles. The van der Waals surface area contributed by atoms with Crippen molar-refractivity contribution in [2.24, 2.45) is 0 Å². The molecule has 2 atom stereocenters. The van der Waals surface area contributed by atoms with Crippen molar-refractivity contribution in [1.82, 2.24) is 10.2 Å². The third-order valence-corrected chi connectivity index (χ3v) is 4.35. The van der Waals surface area contributed by atoms with E-state index in [1.54, 1.807) is 6.92 Å². The smallest absolute Gasteiger partial charge is 0.329 e. The first-order valence-electron chi connectivity index (χ1n) is 7.44. The fourth-order valence-electron chi connectivity index (χ4n) is 2.93. The number of urea groups is 1. The molecule has 6 heteroatoms. The second kappa shape index (κ2) is 6.43. The summed E-state index contributed by atoms with van der Waals surface area (Å²) in [5.74, 6) is -0.929. The van der Waals surface area contributed by atoms with Crippen LogP contribution in [0.15, 0.2) is 0 Å². The summed E-state index contributed by atoms with van der Waals surface area (Å²) in [6.45, 7) is 3.34. The zero-order valence-electron chi connectivity index (χ0n) is 12.1. The first kappa shape index (κ1) is 15.1. The molecule has 0 aromatic carbocycles. The summed E-state index contributed by atoms with van der Waals surface area (Å²) in [6.07, 6.45) is 5.43. The minimum absolute atomic E-state index is 0.0635. The molecule has 0 spiro atoms. The average molecular weight is 284 g/mol. The molecule has 2 N–H and O–H groups in total. The lowest BCUT2D eigenvalue weighted by Crippen LogP contribution is -2.60. The van der Waals surface area contributed by atoms with Gasteiger partial charge in [0.05, 0.1) is 6.10 Å². The van der Waals surface area contributed by atoms with E-state index < -0.39 is 11.5 Å². The molecule has 0 aromatic heterocycles. The van der Waals surface area contributed by atoms with Crippen LogP contribution < -0.4 is 5.32 Å². The van der Waals surface area contributed by atoms with Crippen molar-refractivity contribution >= 4 is 12.0 Å². The van der Waals surface area contributed by atoms with Gasteiger partial charge in [0.2, 0.25) is 0 Å². The first-order chi connectivity index (χ1) is 9.54. The third kappa shape index (κ3) is 3.23. The van der Waals surface area contributed by atoms with Gasteiger partial charge in [-0.05, 0) is 45.4 Å². The highest BCUT2D eigenvalue weighted by Crippen LogP contribution is 2.28. The van der Waals surface area contributed by atoms with Crippen LogP contribution in [0.1, 0.15) is 45.4 Å². The van der Waals surface area contributed by atoms with Crippen LogP contribution in [0.25, 0.3) is 0 Å². The number of carboxylic acids is 1. The number of hydrogen-bond acceptors (Lipinski definition) is 3. The van der Waals surface area contributed by atoms with E-state index >= 15 is 0 Å². The van der Waals surface area contributed by atoms with Crippen LogP contribution in [0.3, 0.4) is 0 Å². The molecule has 2 unspecified atom stereocenters. The standard InChI is InChI=1S/C14H24N2O4/c1-14(12(17)18)7-3-4-8-16(14)13(19)15-10-11-6-2-5-9-20-11/h11H,2-10H2,1H3,(H,15,19)(H,17,18). The lowest BCUT2D eigenvalue weighted by atomic mass is 9.89. The maximum absolute atomic E-state index is 12.3. The Bertz CT molecular complexity index is 368. The predicted molar refractivity (Wildman–Crippen MR) is 73.6 cm³/mol. The summed E-state index contributed by atoms with van der Waals surface area (Å²) in [5.41, 5.74) is -1.09. The zero-order valence-corrected chi connectivity index (χ0v) is 12.1. The Labute approximate surface area is 119 Å². The second-order valence-corrected chi connectivity index (χ2v) is 5.86. The lowest BCUT2D eigenvalue weighted by molar-refractivity contribution is -0.150. The molecule has 0 aliphatic carbocycles. The van der Waals surface area contributed by atoms with Gasteiger partial charge in [-0.15, -0.1) is 0 Å². The number of rotatable bonds is 3. The molecule has 2 aliphatic rings. The van der Waals surface area contributed by atoms with E-state index in [1.165, 1.54) is 4.90 Å². The van der Waals surface area contributed by atoms with Gasteiger partial charge < -0.3 is 20.1 Å². The van der Waals surface area contributed by atoms with Crippen molar-refractivity contribution in [3.63, 3.8) is 0 Å². The summed E-state index contributed by atoms with van der Waals surface area (Å²) >= 11 is 0. The number of nitrogens with one attached hydrogen (secondary N) is 1. The van der Waals surface area contributed by atoms with Crippen LogP contribution in [0.5, 0.6) is 0 Å². The van der Waals surface area contributed by atoms with Gasteiger partial charge in [-0.3, -0.25) is 0 Å². The quantitative estimate of drug-likeness (QED) is 0.825. The number of amides is 2. The molecular weight excluding hydrogens is 260 g/mol. The van der Waals surface area contributed by atoms with Crippen LogP contribution in [0.4, 0.5) is 4.79 Å². The number of carbonyl (C=O) groups is 2. The van der Waals surface area contributed by atoms with E-state index in [0.29, 0.717) is 19.5 Å². The van der Waals surface area contributed by atoms with E-state index in [-0.39, 0.29) is 12.1 Å². The SMILES string of the molecule is CC1(C(=O)O)CCCCN1C(=O)NCC1CCCCO1. The average Bonchev–Trinajstić information content (AvgIpc) is 2.46. The third-order valence-electron chi connectivity index (χ3n) is 4.35. The molecule has 2 fully saturated rings. The van der Waals surface area contributed by atoms with Gasteiger partial charge in [0, 0.05) is 19.7 Å². The molecule has 2 saturated heterocycles. The Morgan fingerprint density at radius 3 is 2.80 bits per heavy atom. The largest absolute Gasteiger partial charge is 0.480 e. The highest BCUT2D eigenvalue weighted by molar-refractivity contribution is 5.86. The minimum atomic E-state index is -1.09. The summed E-state index contributed by atoms with van der Waals surface area (Å²) in [4.78, 5) is 25.2. The Morgan fingerprint density at radius 2 is 2.15 bits per heavy atom. The summed E-state index contributed by atoms with van der Waals surface area (Å²) in [6, 6.07) is -0.288. The number of carbonyl (C=O) groups excluding carboxylic acids is 1. The lowest BCUT2D eigenvalue weighted by Gasteiger charge is -2.41. The van der Waals surface area contributed by atoms with Gasteiger partial charge in [0.15, 0.2) is 0 Å². The van der Waals surface area contributed by atoms with Crippen molar-refractivity contribution in [3.05, 3.63) is 0 Å². The van der Waals surface area contributed by atoms with Crippen molar-refractivity contribution < 1.29 is 19.4 Å². The van der Waals surface area contributed by atoms with Gasteiger partial charge >= 0.3 is 12.0 Å². The van der Waals surface area contributed by atoms with Crippen LogP contribution in [0.2, 0.25) is 0 Å². The van der Waals surface area contributed by atoms with Crippen LogP contribution in [-0.4, -0.2) is 53.3 Å². The summed E-state index contributed by atoms with van der Waals surface area (Å²) < 4.78 is 5.57. The van der Waals surface area contributed by atoms with Crippen molar-refractivity contribution in [1.29, 1.82) is 0 Å². The topological polar surface area (TPSA) is 78.9 Å². The van der Waals surface area contributed by atoms with Crippen molar-refractivity contribution in [3.8, 4) is 0 Å². The minimum Gasteiger partial charge on any atom is -0.480 e. The van der Waals surface area contributed by atoms with Crippen LogP contribution in [-0.2, 0) is 9.53 Å². The zero-order chi connectivity index (χ0) is 14.6. The van der Waals surface area contributed by atoms with Gasteiger partial charge in [0.25, 0.3) is 0 Å². The highest BCUT2D eigenvalue weighted by atomic mass is 16.5. The van der Waals surface area contributed by atoms with E-state index in [0.717, 1.165) is 38.7 Å². The van der Waals surface area contributed by atoms with E-state index in [9.17, 15) is 14.7 Å². The number of nitrogens with zero attached hydrogens (tertiary/aromatic N) is 1. The van der Waals surface area contributed by atoms with E-state index in [1.807, 2.05) is 0 Å². The first-order valence-corrected chi connectivity index (χ1v) is 7.44. The van der Waals surface area contributed by atoms with Crippen molar-refractivity contribution in [2.75, 3.05) is 19.7 Å². The van der Waals surface area contributed by atoms with Gasteiger partial charge in [0.1, 0.15) is 5.54 Å². The normalized spacial score (nSPS) is 30.9. The molecule has 6 nitrogen and oxygen atoms in total. The monoisotopic (exact) mass is 284 g/mol. The fourth-order valence-corrected chi connectivity index (χ4v) is 2.93. The van der Waals surface area contributed by atoms with Gasteiger partial charge in [-0.25, -0.2) is 9.59 Å². The molecule has 2 aliphatic heterocycles. The molecule has 20 heavy (non-hydrogen) atoms. The van der Waals surface area contributed by atoms with Crippen LogP contribution in [0, 0.1) is 0 Å². The van der Waals surface area contributed by atoms with E-state index in [4.69, 9.17) is 4.74 Å². The highest BCUT2D eigenvalue weighted by Gasteiger charge is 2.43. The van der Waals surface area contributed by atoms with Crippen LogP contribution >= 0.6 is 0 Å². The Kier molecular flexibility index (Phi) is 4.86. The van der Waals surface area contributed by atoms with Crippen molar-refractivity contribution in [2.45, 2.75) is 57.1 Å². The Balaban J connectivity index is 1.90. The second-order valence-electron chi connectivity index (χ2n) is 5.86. The summed E-state index contributed by atoms with van der Waals surface area (Å²) in [5, 5.41) is 12.2. The Hall–Kier alpha value is -1.30. The molecule has 114 valence electrons. The molecule has 0 bridgehead atoms. The van der Waals surface area contributed by atoms with E-state index in [2.05, 4.69) is 5.32 Å². The van der Waals surface area contributed by atoms with Gasteiger partial charge in [-0.1, -0.05) is 0 Å². The molecule has 0 saturated carbocycles. The molecular formula is C14H24N2O4. The number of ether oxygens (including phenoxy) is 1. The fraction of sp³-hybridized carbons (Fsp3) is 0.857. The molecule has 2 amide bonds. The number of likely N-dealkylation sites (tertiary alicyclic amines) is 1. The molecule has 0 radical (unpaired) electrons. The van der Waals surface area contributed by atoms with Gasteiger partial charge in [-0.2, -0.15) is 0 Å². The number of piperidine rings is 1. The Morgan fingerprint density at radius 1 is 1.35 bits per heavy atom. The maximum Gasteiger partial charge on any atom is 0.329 e. The maximum atomic E-state index is 12.3. The number of aliphatic carboxylic acids is 1. The number of carboxylic acid groups (broad SMARTS) is 1. The molecule has 0 aromatic rings. The molecule has 2 rings (SSSR count). The number of hydrogen-bond donors (Lipinski definition) is 2.